The molecule has 178 valence electrons. The number of aromatic nitrogens is 1. The van der Waals surface area contributed by atoms with Crippen molar-refractivity contribution in [1.82, 2.24) is 14.2 Å². The molecule has 34 heavy (non-hydrogen) atoms. The second-order valence-electron chi connectivity index (χ2n) is 8.20. The fourth-order valence-corrected chi connectivity index (χ4v) is 5.08. The summed E-state index contributed by atoms with van der Waals surface area (Å²) in [6.45, 7) is 4.20. The Morgan fingerprint density at radius 1 is 0.971 bits per heavy atom. The van der Waals surface area contributed by atoms with Crippen LogP contribution < -0.4 is 10.1 Å². The van der Waals surface area contributed by atoms with Gasteiger partial charge in [0.2, 0.25) is 21.8 Å². The van der Waals surface area contributed by atoms with Crippen LogP contribution in [0.1, 0.15) is 11.1 Å². The van der Waals surface area contributed by atoms with Crippen LogP contribution in [-0.2, 0) is 21.4 Å². The molecule has 3 aromatic rings. The highest BCUT2D eigenvalue weighted by Gasteiger charge is 2.29. The van der Waals surface area contributed by atoms with E-state index in [0.29, 0.717) is 49.2 Å². The van der Waals surface area contributed by atoms with Crippen LogP contribution in [0, 0.1) is 6.92 Å². The lowest BCUT2D eigenvalue weighted by Crippen LogP contribution is -2.50. The van der Waals surface area contributed by atoms with Crippen LogP contribution in [0.4, 0.5) is 5.69 Å². The van der Waals surface area contributed by atoms with Gasteiger partial charge >= 0.3 is 0 Å². The molecule has 1 aliphatic rings. The van der Waals surface area contributed by atoms with E-state index in [9.17, 15) is 13.2 Å². The number of pyridine rings is 1. The van der Waals surface area contributed by atoms with Crippen molar-refractivity contribution in [3.63, 3.8) is 0 Å². The van der Waals surface area contributed by atoms with Crippen LogP contribution in [-0.4, -0.2) is 61.2 Å². The molecule has 1 N–H and O–H groups in total. The van der Waals surface area contributed by atoms with Gasteiger partial charge in [0.15, 0.2) is 0 Å². The predicted octanol–water partition coefficient (Wildman–Crippen LogP) is 2.91. The Labute approximate surface area is 200 Å². The van der Waals surface area contributed by atoms with Gasteiger partial charge in [-0.2, -0.15) is 4.31 Å². The molecule has 1 aromatic heterocycles. The maximum absolute atomic E-state index is 12.8. The molecule has 0 atom stereocenters. The first-order valence-electron chi connectivity index (χ1n) is 11.1. The van der Waals surface area contributed by atoms with Gasteiger partial charge in [-0.05, 0) is 30.7 Å². The SMILES string of the molecule is Cc1ccc(S(=O)(=O)N2CCN(CC(=O)Nc3ccc(OCc4ccccc4)nc3)CC2)cc1. The summed E-state index contributed by atoms with van der Waals surface area (Å²) in [7, 11) is -3.52. The largest absolute Gasteiger partial charge is 0.473 e. The van der Waals surface area contributed by atoms with E-state index in [2.05, 4.69) is 10.3 Å². The lowest BCUT2D eigenvalue weighted by Gasteiger charge is -2.33. The zero-order valence-electron chi connectivity index (χ0n) is 19.1. The third-order valence-electron chi connectivity index (χ3n) is 5.61. The summed E-state index contributed by atoms with van der Waals surface area (Å²) >= 11 is 0. The number of sulfonamides is 1. The van der Waals surface area contributed by atoms with Crippen molar-refractivity contribution in [3.05, 3.63) is 84.1 Å². The zero-order valence-corrected chi connectivity index (χ0v) is 19.9. The van der Waals surface area contributed by atoms with E-state index in [1.165, 1.54) is 4.31 Å². The number of carbonyl (C=O) groups is 1. The quantitative estimate of drug-likeness (QED) is 0.533. The number of benzene rings is 2. The van der Waals surface area contributed by atoms with E-state index >= 15 is 0 Å². The summed E-state index contributed by atoms with van der Waals surface area (Å²) in [5, 5.41) is 2.83. The molecule has 1 fully saturated rings. The Morgan fingerprint density at radius 2 is 1.68 bits per heavy atom. The van der Waals surface area contributed by atoms with Gasteiger partial charge in [-0.15, -0.1) is 0 Å². The summed E-state index contributed by atoms with van der Waals surface area (Å²) in [6, 6.07) is 20.1. The summed E-state index contributed by atoms with van der Waals surface area (Å²) < 4.78 is 32.8. The Balaban J connectivity index is 1.23. The molecule has 1 amide bonds. The fourth-order valence-electron chi connectivity index (χ4n) is 3.66. The van der Waals surface area contributed by atoms with Gasteiger partial charge in [0, 0.05) is 32.2 Å². The summed E-state index contributed by atoms with van der Waals surface area (Å²) in [4.78, 5) is 19.0. The number of amides is 1. The first kappa shape index (κ1) is 23.9. The van der Waals surface area contributed by atoms with Gasteiger partial charge in [0.05, 0.1) is 23.3 Å². The number of nitrogens with one attached hydrogen (secondary N) is 1. The highest BCUT2D eigenvalue weighted by Crippen LogP contribution is 2.18. The number of nitrogens with zero attached hydrogens (tertiary/aromatic N) is 3. The standard InChI is InChI=1S/C25H28N4O4S/c1-20-7-10-23(11-8-20)34(31,32)29-15-13-28(14-16-29)18-24(30)27-22-9-12-25(26-17-22)33-19-21-5-3-2-4-6-21/h2-12,17H,13-16,18-19H2,1H3,(H,27,30). The third-order valence-corrected chi connectivity index (χ3v) is 7.52. The van der Waals surface area contributed by atoms with Crippen molar-refractivity contribution in [2.24, 2.45) is 0 Å². The van der Waals surface area contributed by atoms with E-state index in [-0.39, 0.29) is 12.5 Å². The third kappa shape index (κ3) is 6.19. The summed E-state index contributed by atoms with van der Waals surface area (Å²) in [6.07, 6.45) is 1.56. The number of aryl methyl sites for hydroxylation is 1. The van der Waals surface area contributed by atoms with E-state index in [0.717, 1.165) is 11.1 Å². The molecule has 0 saturated carbocycles. The number of piperazine rings is 1. The average Bonchev–Trinajstić information content (AvgIpc) is 2.85. The zero-order chi connectivity index (χ0) is 24.0. The van der Waals surface area contributed by atoms with Crippen LogP contribution in [0.15, 0.2) is 77.8 Å². The van der Waals surface area contributed by atoms with E-state index in [1.807, 2.05) is 42.2 Å². The molecule has 0 radical (unpaired) electrons. The topological polar surface area (TPSA) is 91.8 Å². The van der Waals surface area contributed by atoms with Gasteiger partial charge in [-0.3, -0.25) is 9.69 Å². The summed E-state index contributed by atoms with van der Waals surface area (Å²) in [5.74, 6) is 0.308. The Kier molecular flexibility index (Phi) is 7.56. The van der Waals surface area contributed by atoms with Gasteiger partial charge in [0.1, 0.15) is 6.61 Å². The Morgan fingerprint density at radius 3 is 2.32 bits per heavy atom. The molecule has 4 rings (SSSR count). The van der Waals surface area contributed by atoms with Gasteiger partial charge in [0.25, 0.3) is 0 Å². The van der Waals surface area contributed by atoms with Crippen LogP contribution in [0.5, 0.6) is 5.88 Å². The van der Waals surface area contributed by atoms with Crippen molar-refractivity contribution in [3.8, 4) is 5.88 Å². The molecule has 0 aliphatic carbocycles. The average molecular weight is 481 g/mol. The van der Waals surface area contributed by atoms with Crippen molar-refractivity contribution in [1.29, 1.82) is 0 Å². The number of rotatable bonds is 8. The number of ether oxygens (including phenoxy) is 1. The first-order valence-corrected chi connectivity index (χ1v) is 12.6. The highest BCUT2D eigenvalue weighted by atomic mass is 32.2. The molecule has 0 spiro atoms. The highest BCUT2D eigenvalue weighted by molar-refractivity contribution is 7.89. The maximum Gasteiger partial charge on any atom is 0.243 e. The molecular formula is C25H28N4O4S. The minimum Gasteiger partial charge on any atom is -0.473 e. The van der Waals surface area contributed by atoms with E-state index < -0.39 is 10.0 Å². The Bertz CT molecular complexity index is 1190. The lowest BCUT2D eigenvalue weighted by molar-refractivity contribution is -0.117. The van der Waals surface area contributed by atoms with Gasteiger partial charge in [-0.1, -0.05) is 48.0 Å². The molecule has 9 heteroatoms. The molecule has 2 aromatic carbocycles. The van der Waals surface area contributed by atoms with Crippen molar-refractivity contribution in [2.75, 3.05) is 38.0 Å². The molecule has 8 nitrogen and oxygen atoms in total. The van der Waals surface area contributed by atoms with E-state index in [4.69, 9.17) is 4.74 Å². The Hall–Kier alpha value is -3.27. The molecule has 2 heterocycles. The second kappa shape index (κ2) is 10.8. The van der Waals surface area contributed by atoms with Crippen LogP contribution in [0.2, 0.25) is 0 Å². The molecule has 0 bridgehead atoms. The lowest BCUT2D eigenvalue weighted by atomic mass is 10.2. The van der Waals surface area contributed by atoms with Gasteiger partial charge in [-0.25, -0.2) is 13.4 Å². The molecular weight excluding hydrogens is 452 g/mol. The van der Waals surface area contributed by atoms with Crippen LogP contribution in [0.3, 0.4) is 0 Å². The monoisotopic (exact) mass is 480 g/mol. The van der Waals surface area contributed by atoms with Crippen molar-refractivity contribution in [2.45, 2.75) is 18.4 Å². The van der Waals surface area contributed by atoms with Crippen molar-refractivity contribution < 1.29 is 17.9 Å². The number of hydrogen-bond donors (Lipinski definition) is 1. The summed E-state index contributed by atoms with van der Waals surface area (Å²) in [5.41, 5.74) is 2.64. The number of anilines is 1. The minimum atomic E-state index is -3.52. The predicted molar refractivity (Wildman–Crippen MR) is 130 cm³/mol. The van der Waals surface area contributed by atoms with Crippen LogP contribution >= 0.6 is 0 Å². The number of hydrogen-bond acceptors (Lipinski definition) is 6. The van der Waals surface area contributed by atoms with Gasteiger partial charge < -0.3 is 10.1 Å². The maximum atomic E-state index is 12.8. The minimum absolute atomic E-state index is 0.172. The first-order chi connectivity index (χ1) is 16.4. The molecule has 0 unspecified atom stereocenters. The fraction of sp³-hybridized carbons (Fsp3) is 0.280. The van der Waals surface area contributed by atoms with Crippen LogP contribution in [0.25, 0.3) is 0 Å². The normalized spacial score (nSPS) is 15.1. The van der Waals surface area contributed by atoms with E-state index in [1.54, 1.807) is 42.6 Å². The second-order valence-corrected chi connectivity index (χ2v) is 10.1. The smallest absolute Gasteiger partial charge is 0.243 e. The molecule has 1 aliphatic heterocycles. The van der Waals surface area contributed by atoms with Crippen molar-refractivity contribution >= 4 is 21.6 Å². The number of carbonyl (C=O) groups excluding carboxylic acids is 1. The molecule has 1 saturated heterocycles.